The van der Waals surface area contributed by atoms with Crippen LogP contribution in [0, 0.1) is 16.0 Å². The van der Waals surface area contributed by atoms with Crippen LogP contribution in [-0.4, -0.2) is 27.7 Å². The van der Waals surface area contributed by atoms with Crippen molar-refractivity contribution in [2.45, 2.75) is 19.9 Å². The monoisotopic (exact) mass is 225 g/mol. The van der Waals surface area contributed by atoms with Crippen LogP contribution < -0.4 is 5.32 Å². The Morgan fingerprint density at radius 2 is 2.25 bits per heavy atom. The summed E-state index contributed by atoms with van der Waals surface area (Å²) in [7, 11) is 0. The van der Waals surface area contributed by atoms with E-state index in [2.05, 4.69) is 10.3 Å². The lowest BCUT2D eigenvalue weighted by Gasteiger charge is -2.20. The molecule has 0 aliphatic rings. The second-order valence-electron chi connectivity index (χ2n) is 3.84. The molecule has 0 aromatic carbocycles. The van der Waals surface area contributed by atoms with Crippen molar-refractivity contribution in [1.82, 2.24) is 4.98 Å². The summed E-state index contributed by atoms with van der Waals surface area (Å²) in [4.78, 5) is 13.8. The normalized spacial score (nSPS) is 12.5. The van der Waals surface area contributed by atoms with Crippen LogP contribution in [0.4, 0.5) is 11.5 Å². The summed E-state index contributed by atoms with van der Waals surface area (Å²) >= 11 is 0. The Bertz CT molecular complexity index is 351. The molecule has 0 fully saturated rings. The number of nitrogens with zero attached hydrogens (tertiary/aromatic N) is 2. The summed E-state index contributed by atoms with van der Waals surface area (Å²) in [6.07, 6.45) is 1.19. The largest absolute Gasteiger partial charge is 0.394 e. The second-order valence-corrected chi connectivity index (χ2v) is 3.84. The van der Waals surface area contributed by atoms with Crippen LogP contribution in [0.3, 0.4) is 0 Å². The van der Waals surface area contributed by atoms with Crippen LogP contribution in [0.2, 0.25) is 0 Å². The first-order chi connectivity index (χ1) is 7.54. The molecule has 0 spiro atoms. The van der Waals surface area contributed by atoms with Crippen LogP contribution in [0.5, 0.6) is 0 Å². The standard InChI is InChI=1S/C10H15N3O3/c1-7(2)9(6-14)12-10-4-3-8(5-11-10)13(15)16/h3-5,7,9,14H,6H2,1-2H3,(H,11,12)/t9-/m1/s1. The van der Waals surface area contributed by atoms with E-state index in [0.29, 0.717) is 5.82 Å². The van der Waals surface area contributed by atoms with Gasteiger partial charge in [0.2, 0.25) is 0 Å². The molecule has 1 aromatic rings. The Hall–Kier alpha value is -1.69. The molecule has 16 heavy (non-hydrogen) atoms. The highest BCUT2D eigenvalue weighted by molar-refractivity contribution is 5.40. The second kappa shape index (κ2) is 5.41. The highest BCUT2D eigenvalue weighted by Gasteiger charge is 2.13. The van der Waals surface area contributed by atoms with E-state index in [1.807, 2.05) is 13.8 Å². The molecule has 0 saturated heterocycles. The van der Waals surface area contributed by atoms with Gasteiger partial charge in [0.05, 0.1) is 17.6 Å². The SMILES string of the molecule is CC(C)[C@@H](CO)Nc1ccc([N+](=O)[O-])cn1. The maximum atomic E-state index is 10.4. The van der Waals surface area contributed by atoms with Gasteiger partial charge in [-0.05, 0) is 12.0 Å². The smallest absolute Gasteiger partial charge is 0.287 e. The molecule has 2 N–H and O–H groups in total. The summed E-state index contributed by atoms with van der Waals surface area (Å²) in [6.45, 7) is 3.94. The minimum atomic E-state index is -0.497. The first-order valence-electron chi connectivity index (χ1n) is 5.02. The van der Waals surface area contributed by atoms with Gasteiger partial charge in [-0.15, -0.1) is 0 Å². The number of hydrogen-bond acceptors (Lipinski definition) is 5. The lowest BCUT2D eigenvalue weighted by Crippen LogP contribution is -2.29. The highest BCUT2D eigenvalue weighted by atomic mass is 16.6. The molecule has 0 bridgehead atoms. The third-order valence-electron chi connectivity index (χ3n) is 2.29. The third kappa shape index (κ3) is 3.16. The quantitative estimate of drug-likeness (QED) is 0.584. The molecule has 6 heteroatoms. The third-order valence-corrected chi connectivity index (χ3v) is 2.29. The molecule has 1 heterocycles. The zero-order valence-electron chi connectivity index (χ0n) is 9.25. The summed E-state index contributed by atoms with van der Waals surface area (Å²) in [5, 5.41) is 22.5. The molecule has 0 aliphatic carbocycles. The number of hydrogen-bond donors (Lipinski definition) is 2. The maximum Gasteiger partial charge on any atom is 0.287 e. The summed E-state index contributed by atoms with van der Waals surface area (Å²) in [6, 6.07) is 2.81. The van der Waals surface area contributed by atoms with Crippen molar-refractivity contribution >= 4 is 11.5 Å². The number of aromatic nitrogens is 1. The van der Waals surface area contributed by atoms with Crippen LogP contribution >= 0.6 is 0 Å². The Morgan fingerprint density at radius 3 is 2.62 bits per heavy atom. The minimum absolute atomic E-state index is 0.00364. The minimum Gasteiger partial charge on any atom is -0.394 e. The van der Waals surface area contributed by atoms with Gasteiger partial charge in [0.15, 0.2) is 0 Å². The van der Waals surface area contributed by atoms with Crippen molar-refractivity contribution in [3.8, 4) is 0 Å². The van der Waals surface area contributed by atoms with Crippen molar-refractivity contribution in [2.24, 2.45) is 5.92 Å². The Labute approximate surface area is 93.5 Å². The molecule has 0 amide bonds. The lowest BCUT2D eigenvalue weighted by atomic mass is 10.1. The van der Waals surface area contributed by atoms with Gasteiger partial charge in [-0.3, -0.25) is 10.1 Å². The fourth-order valence-electron chi connectivity index (χ4n) is 1.19. The fraction of sp³-hybridized carbons (Fsp3) is 0.500. The molecular formula is C10H15N3O3. The first-order valence-corrected chi connectivity index (χ1v) is 5.02. The molecule has 6 nitrogen and oxygen atoms in total. The van der Waals surface area contributed by atoms with Crippen molar-refractivity contribution in [3.63, 3.8) is 0 Å². The van der Waals surface area contributed by atoms with E-state index in [1.54, 1.807) is 0 Å². The number of nitro groups is 1. The average molecular weight is 225 g/mol. The summed E-state index contributed by atoms with van der Waals surface area (Å²) < 4.78 is 0. The fourth-order valence-corrected chi connectivity index (χ4v) is 1.19. The van der Waals surface area contributed by atoms with Crippen LogP contribution in [0.1, 0.15) is 13.8 Å². The molecule has 0 radical (unpaired) electrons. The van der Waals surface area contributed by atoms with Gasteiger partial charge >= 0.3 is 0 Å². The number of nitrogens with one attached hydrogen (secondary N) is 1. The van der Waals surface area contributed by atoms with E-state index in [-0.39, 0.29) is 24.3 Å². The topological polar surface area (TPSA) is 88.3 Å². The van der Waals surface area contributed by atoms with Gasteiger partial charge in [-0.25, -0.2) is 4.98 Å². The van der Waals surface area contributed by atoms with Gasteiger partial charge in [0.1, 0.15) is 12.0 Å². The summed E-state index contributed by atoms with van der Waals surface area (Å²) in [5.41, 5.74) is -0.0457. The predicted molar refractivity (Wildman–Crippen MR) is 60.2 cm³/mol. The van der Waals surface area contributed by atoms with Crippen LogP contribution in [0.15, 0.2) is 18.3 Å². The van der Waals surface area contributed by atoms with Crippen molar-refractivity contribution in [3.05, 3.63) is 28.4 Å². The predicted octanol–water partition coefficient (Wildman–Crippen LogP) is 1.42. The molecule has 88 valence electrons. The molecular weight excluding hydrogens is 210 g/mol. The van der Waals surface area contributed by atoms with Crippen LogP contribution in [0.25, 0.3) is 0 Å². The van der Waals surface area contributed by atoms with Crippen LogP contribution in [-0.2, 0) is 0 Å². The van der Waals surface area contributed by atoms with Gasteiger partial charge in [0, 0.05) is 6.07 Å². The van der Waals surface area contributed by atoms with E-state index in [4.69, 9.17) is 5.11 Å². The summed E-state index contributed by atoms with van der Waals surface area (Å²) in [5.74, 6) is 0.778. The van der Waals surface area contributed by atoms with Gasteiger partial charge < -0.3 is 10.4 Å². The molecule has 0 saturated carbocycles. The maximum absolute atomic E-state index is 10.4. The molecule has 1 atom stereocenters. The highest BCUT2D eigenvalue weighted by Crippen LogP contribution is 2.14. The average Bonchev–Trinajstić information content (AvgIpc) is 2.26. The van der Waals surface area contributed by atoms with Crippen molar-refractivity contribution in [1.29, 1.82) is 0 Å². The van der Waals surface area contributed by atoms with E-state index in [1.165, 1.54) is 18.3 Å². The first kappa shape index (κ1) is 12.4. The number of aliphatic hydroxyl groups is 1. The van der Waals surface area contributed by atoms with E-state index < -0.39 is 4.92 Å². The van der Waals surface area contributed by atoms with Gasteiger partial charge in [-0.2, -0.15) is 0 Å². The zero-order chi connectivity index (χ0) is 12.1. The lowest BCUT2D eigenvalue weighted by molar-refractivity contribution is -0.385. The van der Waals surface area contributed by atoms with E-state index >= 15 is 0 Å². The molecule has 1 rings (SSSR count). The van der Waals surface area contributed by atoms with Gasteiger partial charge in [0.25, 0.3) is 5.69 Å². The Balaban J connectivity index is 2.71. The number of rotatable bonds is 5. The molecule has 0 aliphatic heterocycles. The molecule has 0 unspecified atom stereocenters. The number of aliphatic hydroxyl groups excluding tert-OH is 1. The van der Waals surface area contributed by atoms with Crippen molar-refractivity contribution in [2.75, 3.05) is 11.9 Å². The zero-order valence-corrected chi connectivity index (χ0v) is 9.25. The number of anilines is 1. The van der Waals surface area contributed by atoms with Crippen molar-refractivity contribution < 1.29 is 10.0 Å². The van der Waals surface area contributed by atoms with E-state index in [9.17, 15) is 10.1 Å². The number of pyridine rings is 1. The Kier molecular flexibility index (Phi) is 4.19. The van der Waals surface area contributed by atoms with Gasteiger partial charge in [-0.1, -0.05) is 13.8 Å². The molecule has 1 aromatic heterocycles. The van der Waals surface area contributed by atoms with E-state index in [0.717, 1.165) is 0 Å². The Morgan fingerprint density at radius 1 is 1.56 bits per heavy atom.